The van der Waals surface area contributed by atoms with Crippen molar-refractivity contribution in [3.05, 3.63) is 29.3 Å². The van der Waals surface area contributed by atoms with Gasteiger partial charge in [-0.05, 0) is 31.0 Å². The van der Waals surface area contributed by atoms with E-state index in [0.717, 1.165) is 12.8 Å². The van der Waals surface area contributed by atoms with Crippen LogP contribution in [0.25, 0.3) is 0 Å². The number of benzene rings is 1. The van der Waals surface area contributed by atoms with Crippen molar-refractivity contribution in [2.45, 2.75) is 25.8 Å². The monoisotopic (exact) mass is 335 g/mol. The number of hydrogen-bond donors (Lipinski definition) is 0. The van der Waals surface area contributed by atoms with Crippen LogP contribution in [0.2, 0.25) is 5.02 Å². The van der Waals surface area contributed by atoms with E-state index in [9.17, 15) is 14.4 Å². The summed E-state index contributed by atoms with van der Waals surface area (Å²) in [5, 5.41) is 0.538. The number of halogens is 1. The molecule has 1 aliphatic heterocycles. The molecular weight excluding hydrogens is 318 g/mol. The maximum Gasteiger partial charge on any atom is 0.248 e. The van der Waals surface area contributed by atoms with E-state index in [4.69, 9.17) is 11.6 Å². The third kappa shape index (κ3) is 3.47. The average Bonchev–Trinajstić information content (AvgIpc) is 3.26. The number of nitrogens with zero attached hydrogens (tertiary/aromatic N) is 3. The van der Waals surface area contributed by atoms with Crippen molar-refractivity contribution in [3.63, 3.8) is 0 Å². The Morgan fingerprint density at radius 2 is 2.09 bits per heavy atom. The highest BCUT2D eigenvalue weighted by molar-refractivity contribution is 6.31. The predicted octanol–water partition coefficient (Wildman–Crippen LogP) is 1.48. The van der Waals surface area contributed by atoms with E-state index in [1.165, 1.54) is 16.7 Å². The Balaban J connectivity index is 1.67. The molecule has 1 aromatic carbocycles. The van der Waals surface area contributed by atoms with E-state index in [1.807, 2.05) is 0 Å². The van der Waals surface area contributed by atoms with Crippen molar-refractivity contribution in [3.8, 4) is 0 Å². The van der Waals surface area contributed by atoms with Gasteiger partial charge in [0.2, 0.25) is 17.7 Å². The van der Waals surface area contributed by atoms with Gasteiger partial charge in [-0.15, -0.1) is 0 Å². The van der Waals surface area contributed by atoms with Crippen LogP contribution in [0.1, 0.15) is 19.8 Å². The van der Waals surface area contributed by atoms with E-state index in [0.29, 0.717) is 10.7 Å². The summed E-state index contributed by atoms with van der Waals surface area (Å²) in [6, 6.07) is 7.15. The van der Waals surface area contributed by atoms with Crippen molar-refractivity contribution in [2.24, 2.45) is 0 Å². The second-order valence-electron chi connectivity index (χ2n) is 5.91. The van der Waals surface area contributed by atoms with Crippen LogP contribution in [-0.4, -0.2) is 53.3 Å². The molecule has 0 aromatic heterocycles. The van der Waals surface area contributed by atoms with Crippen molar-refractivity contribution in [1.82, 2.24) is 9.80 Å². The van der Waals surface area contributed by atoms with Gasteiger partial charge in [0.25, 0.3) is 0 Å². The lowest BCUT2D eigenvalue weighted by Gasteiger charge is -2.23. The molecule has 1 saturated heterocycles. The van der Waals surface area contributed by atoms with Gasteiger partial charge in [0.15, 0.2) is 0 Å². The number of hydrogen-bond acceptors (Lipinski definition) is 3. The lowest BCUT2D eigenvalue weighted by molar-refractivity contribution is -0.139. The molecule has 23 heavy (non-hydrogen) atoms. The molecule has 1 saturated carbocycles. The number of anilines is 1. The minimum absolute atomic E-state index is 0.0295. The fourth-order valence-corrected chi connectivity index (χ4v) is 2.90. The first-order valence-corrected chi connectivity index (χ1v) is 7.94. The van der Waals surface area contributed by atoms with Gasteiger partial charge >= 0.3 is 0 Å². The summed E-state index contributed by atoms with van der Waals surface area (Å²) in [5.74, 6) is -0.454. The minimum atomic E-state index is -0.204. The van der Waals surface area contributed by atoms with Crippen LogP contribution in [0.3, 0.4) is 0 Å². The molecule has 1 aliphatic carbocycles. The number of amides is 3. The quantitative estimate of drug-likeness (QED) is 0.837. The topological polar surface area (TPSA) is 60.9 Å². The molecule has 0 radical (unpaired) electrons. The fraction of sp³-hybridized carbons (Fsp3) is 0.438. The first-order chi connectivity index (χ1) is 11.0. The highest BCUT2D eigenvalue weighted by atomic mass is 35.5. The number of rotatable bonds is 4. The van der Waals surface area contributed by atoms with Gasteiger partial charge in [-0.3, -0.25) is 19.3 Å². The molecule has 0 unspecified atom stereocenters. The molecular formula is C16H18ClN3O3. The highest BCUT2D eigenvalue weighted by Crippen LogP contribution is 2.27. The molecule has 2 aliphatic rings. The molecule has 7 heteroatoms. The van der Waals surface area contributed by atoms with Crippen molar-refractivity contribution in [2.75, 3.05) is 24.7 Å². The second-order valence-corrected chi connectivity index (χ2v) is 6.35. The first-order valence-electron chi connectivity index (χ1n) is 7.56. The van der Waals surface area contributed by atoms with Gasteiger partial charge < -0.3 is 9.80 Å². The lowest BCUT2D eigenvalue weighted by Crippen LogP contribution is -2.43. The van der Waals surface area contributed by atoms with Gasteiger partial charge in [0, 0.05) is 23.7 Å². The van der Waals surface area contributed by atoms with E-state index in [-0.39, 0.29) is 43.5 Å². The summed E-state index contributed by atoms with van der Waals surface area (Å²) in [6.45, 7) is 1.73. The maximum atomic E-state index is 12.4. The third-order valence-electron chi connectivity index (χ3n) is 4.11. The zero-order valence-electron chi connectivity index (χ0n) is 12.9. The summed E-state index contributed by atoms with van der Waals surface area (Å²) < 4.78 is 0. The van der Waals surface area contributed by atoms with E-state index >= 15 is 0 Å². The summed E-state index contributed by atoms with van der Waals surface area (Å²) in [7, 11) is 0. The predicted molar refractivity (Wildman–Crippen MR) is 85.9 cm³/mol. The average molecular weight is 336 g/mol. The zero-order chi connectivity index (χ0) is 16.6. The normalized spacial score (nSPS) is 17.6. The zero-order valence-corrected chi connectivity index (χ0v) is 13.6. The van der Waals surface area contributed by atoms with Gasteiger partial charge in [-0.1, -0.05) is 17.7 Å². The molecule has 2 fully saturated rings. The minimum Gasteiger partial charge on any atom is -0.331 e. The molecule has 0 N–H and O–H groups in total. The molecule has 0 spiro atoms. The SMILES string of the molecule is CC(=O)N(CC(=O)N1CC(=O)N(c2cccc(Cl)c2)C1)C1CC1. The Labute approximate surface area is 139 Å². The Hall–Kier alpha value is -2.08. The van der Waals surface area contributed by atoms with E-state index < -0.39 is 0 Å². The van der Waals surface area contributed by atoms with Gasteiger partial charge in [-0.2, -0.15) is 0 Å². The van der Waals surface area contributed by atoms with Crippen LogP contribution >= 0.6 is 11.6 Å². The van der Waals surface area contributed by atoms with Crippen LogP contribution in [0.4, 0.5) is 5.69 Å². The van der Waals surface area contributed by atoms with Crippen LogP contribution < -0.4 is 4.90 Å². The molecule has 6 nitrogen and oxygen atoms in total. The molecule has 0 atom stereocenters. The molecule has 122 valence electrons. The van der Waals surface area contributed by atoms with E-state index in [1.54, 1.807) is 29.2 Å². The summed E-state index contributed by atoms with van der Waals surface area (Å²) in [5.41, 5.74) is 0.670. The standard InChI is InChI=1S/C16H18ClN3O3/c1-11(21)19(13-5-6-13)9-15(22)18-8-16(23)20(10-18)14-4-2-3-12(17)7-14/h2-4,7,13H,5-6,8-10H2,1H3. The smallest absolute Gasteiger partial charge is 0.248 e. The molecule has 3 amide bonds. The summed E-state index contributed by atoms with van der Waals surface area (Å²) in [4.78, 5) is 40.8. The molecule has 0 bridgehead atoms. The first kappa shape index (κ1) is 15.8. The van der Waals surface area contributed by atoms with Gasteiger partial charge in [0.1, 0.15) is 19.8 Å². The Morgan fingerprint density at radius 3 is 2.70 bits per heavy atom. The largest absolute Gasteiger partial charge is 0.331 e. The number of carbonyl (C=O) groups excluding carboxylic acids is 3. The Bertz CT molecular complexity index is 660. The van der Waals surface area contributed by atoms with Crippen LogP contribution in [0.15, 0.2) is 24.3 Å². The number of carbonyl (C=O) groups is 3. The van der Waals surface area contributed by atoms with Crippen LogP contribution in [0.5, 0.6) is 0 Å². The Kier molecular flexibility index (Phi) is 4.26. The fourth-order valence-electron chi connectivity index (χ4n) is 2.71. The van der Waals surface area contributed by atoms with Crippen LogP contribution in [-0.2, 0) is 14.4 Å². The third-order valence-corrected chi connectivity index (χ3v) is 4.34. The molecule has 1 heterocycles. The highest BCUT2D eigenvalue weighted by Gasteiger charge is 2.36. The second kappa shape index (κ2) is 6.20. The van der Waals surface area contributed by atoms with Gasteiger partial charge in [-0.25, -0.2) is 0 Å². The maximum absolute atomic E-state index is 12.4. The molecule has 3 rings (SSSR count). The summed E-state index contributed by atoms with van der Waals surface area (Å²) in [6.07, 6.45) is 1.89. The van der Waals surface area contributed by atoms with Crippen molar-refractivity contribution >= 4 is 35.0 Å². The summed E-state index contributed by atoms with van der Waals surface area (Å²) >= 11 is 5.95. The lowest BCUT2D eigenvalue weighted by atomic mass is 10.3. The van der Waals surface area contributed by atoms with Crippen LogP contribution in [0, 0.1) is 0 Å². The van der Waals surface area contributed by atoms with Crippen molar-refractivity contribution in [1.29, 1.82) is 0 Å². The molecule has 1 aromatic rings. The van der Waals surface area contributed by atoms with Gasteiger partial charge in [0.05, 0.1) is 0 Å². The Morgan fingerprint density at radius 1 is 1.35 bits per heavy atom. The van der Waals surface area contributed by atoms with E-state index in [2.05, 4.69) is 0 Å². The van der Waals surface area contributed by atoms with Crippen molar-refractivity contribution < 1.29 is 14.4 Å².